The topological polar surface area (TPSA) is 72.9 Å². The van der Waals surface area contributed by atoms with E-state index in [2.05, 4.69) is 11.8 Å². The van der Waals surface area contributed by atoms with Gasteiger partial charge < -0.3 is 14.4 Å². The molecule has 0 aromatic rings. The molecule has 1 amide bonds. The lowest BCUT2D eigenvalue weighted by atomic mass is 9.81. The number of nitrogens with zero attached hydrogens (tertiary/aromatic N) is 1. The van der Waals surface area contributed by atoms with Crippen molar-refractivity contribution in [2.75, 3.05) is 19.8 Å². The summed E-state index contributed by atoms with van der Waals surface area (Å²) in [6, 6.07) is 0.298. The van der Waals surface area contributed by atoms with Gasteiger partial charge in [-0.15, -0.1) is 0 Å². The summed E-state index contributed by atoms with van der Waals surface area (Å²) in [7, 11) is -3.22. The van der Waals surface area contributed by atoms with Crippen molar-refractivity contribution in [3.05, 3.63) is 0 Å². The van der Waals surface area contributed by atoms with Gasteiger partial charge in [0.1, 0.15) is 0 Å². The highest BCUT2D eigenvalue weighted by atomic mass is 32.2. The minimum atomic E-state index is -3.22. The van der Waals surface area contributed by atoms with Gasteiger partial charge in [-0.3, -0.25) is 4.79 Å². The third-order valence-electron chi connectivity index (χ3n) is 9.15. The normalized spacial score (nSPS) is 40.9. The Bertz CT molecular complexity index is 764. The Morgan fingerprint density at radius 2 is 1.55 bits per heavy atom. The van der Waals surface area contributed by atoms with Crippen LogP contribution in [0, 0.1) is 17.8 Å². The van der Waals surface area contributed by atoms with Crippen molar-refractivity contribution in [1.29, 1.82) is 0 Å². The van der Waals surface area contributed by atoms with Crippen LogP contribution < -0.4 is 0 Å². The van der Waals surface area contributed by atoms with Crippen molar-refractivity contribution in [2.24, 2.45) is 17.8 Å². The lowest BCUT2D eigenvalue weighted by Crippen LogP contribution is -2.48. The number of sulfone groups is 1. The Kier molecular flexibility index (Phi) is 6.39. The van der Waals surface area contributed by atoms with Crippen LogP contribution in [0.15, 0.2) is 0 Å². The summed E-state index contributed by atoms with van der Waals surface area (Å²) in [6.45, 7) is 4.18. The molecule has 6 nitrogen and oxygen atoms in total. The van der Waals surface area contributed by atoms with Crippen LogP contribution >= 0.6 is 0 Å². The lowest BCUT2D eigenvalue weighted by molar-refractivity contribution is -0.153. The lowest BCUT2D eigenvalue weighted by Gasteiger charge is -2.40. The van der Waals surface area contributed by atoms with Gasteiger partial charge in [-0.1, -0.05) is 19.3 Å². The molecule has 0 bridgehead atoms. The molecule has 3 saturated carbocycles. The zero-order valence-corrected chi connectivity index (χ0v) is 19.7. The van der Waals surface area contributed by atoms with Crippen LogP contribution in [0.3, 0.4) is 0 Å². The van der Waals surface area contributed by atoms with E-state index < -0.39 is 9.84 Å². The van der Waals surface area contributed by atoms with E-state index >= 15 is 0 Å². The molecule has 5 aliphatic rings. The van der Waals surface area contributed by atoms with Crippen LogP contribution in [0.1, 0.15) is 77.6 Å². The molecule has 0 N–H and O–H groups in total. The van der Waals surface area contributed by atoms with Gasteiger partial charge >= 0.3 is 0 Å². The van der Waals surface area contributed by atoms with Gasteiger partial charge in [-0.2, -0.15) is 0 Å². The summed E-state index contributed by atoms with van der Waals surface area (Å²) < 4.78 is 38.7. The minimum Gasteiger partial charge on any atom is -0.373 e. The smallest absolute Gasteiger partial charge is 0.226 e. The Morgan fingerprint density at radius 1 is 0.871 bits per heavy atom. The summed E-state index contributed by atoms with van der Waals surface area (Å²) in [6.07, 6.45) is 10.4. The van der Waals surface area contributed by atoms with E-state index in [0.29, 0.717) is 56.8 Å². The van der Waals surface area contributed by atoms with Crippen LogP contribution in [-0.2, 0) is 24.1 Å². The molecule has 2 heterocycles. The standard InChI is InChI=1S/C24H39NO5S/c1-16(17-5-3-2-4-6-17)25-15-18-13-19(7-9-21(18)24(25)26)31(27,28)20-8-10-22-23(14-20)30-12-11-29-22/h16-23H,2-15H2,1H3/t16-,18?,19?,20?,21?,22?,23?/m0/s1. The number of fused-ring (bicyclic) bond motifs is 2. The van der Waals surface area contributed by atoms with Crippen LogP contribution in [-0.4, -0.2) is 67.7 Å². The molecule has 5 rings (SSSR count). The first kappa shape index (κ1) is 22.1. The van der Waals surface area contributed by atoms with Crippen molar-refractivity contribution >= 4 is 15.7 Å². The van der Waals surface area contributed by atoms with Crippen molar-refractivity contribution in [2.45, 2.75) is 106 Å². The number of rotatable bonds is 4. The van der Waals surface area contributed by atoms with E-state index in [4.69, 9.17) is 9.47 Å². The summed E-state index contributed by atoms with van der Waals surface area (Å²) in [4.78, 5) is 15.3. The molecule has 5 fully saturated rings. The number of ether oxygens (including phenoxy) is 2. The maximum atomic E-state index is 13.6. The molecule has 0 spiro atoms. The first-order valence-corrected chi connectivity index (χ1v) is 14.3. The third-order valence-corrected chi connectivity index (χ3v) is 11.9. The van der Waals surface area contributed by atoms with Crippen LogP contribution in [0.25, 0.3) is 0 Å². The van der Waals surface area contributed by atoms with Gasteiger partial charge in [-0.05, 0) is 70.1 Å². The van der Waals surface area contributed by atoms with Crippen LogP contribution in [0.4, 0.5) is 0 Å². The Morgan fingerprint density at radius 3 is 2.32 bits per heavy atom. The largest absolute Gasteiger partial charge is 0.373 e. The van der Waals surface area contributed by atoms with E-state index in [1.807, 2.05) is 0 Å². The molecule has 2 aliphatic heterocycles. The SMILES string of the molecule is C[C@@H](C1CCCCC1)N1CC2CC(S(=O)(=O)C3CCC4OCCOC4C3)CCC2C1=O. The van der Waals surface area contributed by atoms with E-state index in [0.717, 1.165) is 19.4 Å². The number of hydrogen-bond donors (Lipinski definition) is 0. The number of hydrogen-bond acceptors (Lipinski definition) is 5. The van der Waals surface area contributed by atoms with Crippen molar-refractivity contribution in [3.8, 4) is 0 Å². The fraction of sp³-hybridized carbons (Fsp3) is 0.958. The van der Waals surface area contributed by atoms with Crippen molar-refractivity contribution < 1.29 is 22.7 Å². The maximum absolute atomic E-state index is 13.6. The van der Waals surface area contributed by atoms with Crippen molar-refractivity contribution in [1.82, 2.24) is 4.90 Å². The monoisotopic (exact) mass is 453 g/mol. The third kappa shape index (κ3) is 4.19. The summed E-state index contributed by atoms with van der Waals surface area (Å²) in [5, 5.41) is -0.607. The molecular formula is C24H39NO5S. The van der Waals surface area contributed by atoms with Gasteiger partial charge in [0.05, 0.1) is 35.9 Å². The van der Waals surface area contributed by atoms with Gasteiger partial charge in [0.15, 0.2) is 9.84 Å². The van der Waals surface area contributed by atoms with E-state index in [-0.39, 0.29) is 34.5 Å². The number of carbonyl (C=O) groups excluding carboxylic acids is 1. The molecular weight excluding hydrogens is 414 g/mol. The van der Waals surface area contributed by atoms with Gasteiger partial charge in [-0.25, -0.2) is 8.42 Å². The van der Waals surface area contributed by atoms with Gasteiger partial charge in [0.25, 0.3) is 0 Å². The second kappa shape index (κ2) is 8.94. The van der Waals surface area contributed by atoms with E-state index in [1.165, 1.54) is 32.1 Å². The van der Waals surface area contributed by atoms with Gasteiger partial charge in [0.2, 0.25) is 5.91 Å². The Hall–Kier alpha value is -0.660. The highest BCUT2D eigenvalue weighted by molar-refractivity contribution is 7.92. The average Bonchev–Trinajstić information content (AvgIpc) is 3.14. The second-order valence-corrected chi connectivity index (χ2v) is 13.3. The quantitative estimate of drug-likeness (QED) is 0.653. The molecule has 0 aromatic carbocycles. The van der Waals surface area contributed by atoms with Crippen molar-refractivity contribution in [3.63, 3.8) is 0 Å². The number of amides is 1. The minimum absolute atomic E-state index is 0.0447. The van der Waals surface area contributed by atoms with Crippen LogP contribution in [0.2, 0.25) is 0 Å². The molecule has 0 aromatic heterocycles. The number of carbonyl (C=O) groups is 1. The summed E-state index contributed by atoms with van der Waals surface area (Å²) in [5.74, 6) is 1.17. The molecule has 3 aliphatic carbocycles. The molecule has 2 saturated heterocycles. The first-order chi connectivity index (χ1) is 14.9. The molecule has 176 valence electrons. The predicted octanol–water partition coefficient (Wildman–Crippen LogP) is 3.33. The molecule has 0 radical (unpaired) electrons. The first-order valence-electron chi connectivity index (χ1n) is 12.7. The summed E-state index contributed by atoms with van der Waals surface area (Å²) in [5.41, 5.74) is 0. The molecule has 31 heavy (non-hydrogen) atoms. The molecule has 6 unspecified atom stereocenters. The maximum Gasteiger partial charge on any atom is 0.226 e. The fourth-order valence-corrected chi connectivity index (χ4v) is 9.69. The number of likely N-dealkylation sites (tertiary alicyclic amines) is 1. The molecule has 7 atom stereocenters. The fourth-order valence-electron chi connectivity index (χ4n) is 7.24. The Labute approximate surface area is 187 Å². The predicted molar refractivity (Wildman–Crippen MR) is 118 cm³/mol. The average molecular weight is 454 g/mol. The summed E-state index contributed by atoms with van der Waals surface area (Å²) >= 11 is 0. The zero-order valence-electron chi connectivity index (χ0n) is 18.9. The second-order valence-electron chi connectivity index (χ2n) is 10.8. The molecule has 7 heteroatoms. The van der Waals surface area contributed by atoms with Crippen LogP contribution in [0.5, 0.6) is 0 Å². The van der Waals surface area contributed by atoms with E-state index in [1.54, 1.807) is 0 Å². The Balaban J connectivity index is 1.23. The zero-order chi connectivity index (χ0) is 21.6. The van der Waals surface area contributed by atoms with E-state index in [9.17, 15) is 13.2 Å². The highest BCUT2D eigenvalue weighted by Gasteiger charge is 2.50. The van der Waals surface area contributed by atoms with Gasteiger partial charge in [0, 0.05) is 18.5 Å². The highest BCUT2D eigenvalue weighted by Crippen LogP contribution is 2.44.